The molecule has 0 aliphatic rings. The van der Waals surface area contributed by atoms with Crippen LogP contribution < -0.4 is 0 Å². The maximum Gasteiger partial charge on any atom is 0.132 e. The van der Waals surface area contributed by atoms with Crippen LogP contribution in [-0.2, 0) is 4.79 Å². The van der Waals surface area contributed by atoms with E-state index in [9.17, 15) is 4.79 Å². The van der Waals surface area contributed by atoms with Crippen molar-refractivity contribution in [3.8, 4) is 0 Å². The summed E-state index contributed by atoms with van der Waals surface area (Å²) in [5, 5.41) is 0. The number of hydrogen-bond acceptors (Lipinski definition) is 2. The van der Waals surface area contributed by atoms with E-state index in [0.29, 0.717) is 5.78 Å². The normalized spacial score (nSPS) is 10.2. The average Bonchev–Trinajstić information content (AvgIpc) is 2.05. The number of Topliss-reactive ketones (excluding diaryl/α,β-unsaturated/α-hetero) is 1. The predicted octanol–water partition coefficient (Wildman–Crippen LogP) is 3.28. The molecule has 0 aliphatic carbocycles. The van der Waals surface area contributed by atoms with Crippen LogP contribution in [0.4, 0.5) is 0 Å². The van der Waals surface area contributed by atoms with Crippen molar-refractivity contribution in [2.75, 3.05) is 11.5 Å². The molecule has 0 aliphatic heterocycles. The Morgan fingerprint density at radius 3 is 2.50 bits per heavy atom. The molecule has 72 valence electrons. The molecule has 0 rings (SSSR count). The van der Waals surface area contributed by atoms with E-state index in [-0.39, 0.29) is 0 Å². The minimum atomic E-state index is 0.444. The van der Waals surface area contributed by atoms with Gasteiger partial charge in [0.1, 0.15) is 5.78 Å². The first kappa shape index (κ1) is 12.0. The second-order valence-corrected chi connectivity index (χ2v) is 4.34. The molecule has 0 bridgehead atoms. The molecule has 0 radical (unpaired) electrons. The third-order valence-electron chi connectivity index (χ3n) is 1.73. The van der Waals surface area contributed by atoms with E-state index in [0.717, 1.165) is 25.7 Å². The minimum Gasteiger partial charge on any atom is -0.300 e. The van der Waals surface area contributed by atoms with Gasteiger partial charge in [-0.25, -0.2) is 0 Å². The van der Waals surface area contributed by atoms with Gasteiger partial charge in [0.2, 0.25) is 0 Å². The fourth-order valence-corrected chi connectivity index (χ4v) is 1.77. The van der Waals surface area contributed by atoms with Crippen LogP contribution in [0.15, 0.2) is 0 Å². The molecule has 0 amide bonds. The fourth-order valence-electron chi connectivity index (χ4n) is 1.07. The van der Waals surface area contributed by atoms with Gasteiger partial charge in [0.25, 0.3) is 0 Å². The zero-order valence-electron chi connectivity index (χ0n) is 8.27. The molecule has 0 spiro atoms. The summed E-state index contributed by atoms with van der Waals surface area (Å²) in [4.78, 5) is 11.1. The number of hydrogen-bond donors (Lipinski definition) is 0. The SMILES string of the molecule is CCCC(=O)CCCCSCC. The summed E-state index contributed by atoms with van der Waals surface area (Å²) < 4.78 is 0. The molecular formula is C10H20OS. The fraction of sp³-hybridized carbons (Fsp3) is 0.900. The summed E-state index contributed by atoms with van der Waals surface area (Å²) in [7, 11) is 0. The van der Waals surface area contributed by atoms with E-state index in [1.165, 1.54) is 17.9 Å². The largest absolute Gasteiger partial charge is 0.300 e. The van der Waals surface area contributed by atoms with Gasteiger partial charge in [0.15, 0.2) is 0 Å². The average molecular weight is 188 g/mol. The van der Waals surface area contributed by atoms with Gasteiger partial charge in [0.05, 0.1) is 0 Å². The highest BCUT2D eigenvalue weighted by atomic mass is 32.2. The van der Waals surface area contributed by atoms with Gasteiger partial charge in [0, 0.05) is 12.8 Å². The predicted molar refractivity (Wildman–Crippen MR) is 56.8 cm³/mol. The number of carbonyl (C=O) groups is 1. The number of thioether (sulfide) groups is 1. The van der Waals surface area contributed by atoms with Crippen LogP contribution >= 0.6 is 11.8 Å². The second-order valence-electron chi connectivity index (χ2n) is 2.94. The Labute approximate surface area is 80.3 Å². The van der Waals surface area contributed by atoms with Crippen molar-refractivity contribution in [2.45, 2.75) is 46.0 Å². The Morgan fingerprint density at radius 2 is 1.92 bits per heavy atom. The maximum absolute atomic E-state index is 11.1. The molecule has 0 heterocycles. The van der Waals surface area contributed by atoms with E-state index < -0.39 is 0 Å². The van der Waals surface area contributed by atoms with Crippen LogP contribution in [0.25, 0.3) is 0 Å². The molecule has 0 aromatic heterocycles. The molecule has 0 saturated heterocycles. The smallest absolute Gasteiger partial charge is 0.132 e. The summed E-state index contributed by atoms with van der Waals surface area (Å²) >= 11 is 1.96. The first-order chi connectivity index (χ1) is 5.81. The summed E-state index contributed by atoms with van der Waals surface area (Å²) in [5.74, 6) is 2.86. The third kappa shape index (κ3) is 8.12. The van der Waals surface area contributed by atoms with Crippen molar-refractivity contribution in [1.82, 2.24) is 0 Å². The van der Waals surface area contributed by atoms with Crippen molar-refractivity contribution in [3.63, 3.8) is 0 Å². The highest BCUT2D eigenvalue weighted by Crippen LogP contribution is 2.06. The number of carbonyl (C=O) groups excluding carboxylic acids is 1. The lowest BCUT2D eigenvalue weighted by Gasteiger charge is -1.98. The molecule has 0 aromatic carbocycles. The first-order valence-electron chi connectivity index (χ1n) is 4.90. The van der Waals surface area contributed by atoms with Crippen molar-refractivity contribution in [2.24, 2.45) is 0 Å². The third-order valence-corrected chi connectivity index (χ3v) is 2.71. The van der Waals surface area contributed by atoms with Gasteiger partial charge in [-0.1, -0.05) is 13.8 Å². The van der Waals surface area contributed by atoms with Crippen LogP contribution in [0.2, 0.25) is 0 Å². The zero-order valence-corrected chi connectivity index (χ0v) is 9.08. The van der Waals surface area contributed by atoms with Gasteiger partial charge in [-0.15, -0.1) is 0 Å². The number of rotatable bonds is 8. The molecule has 0 unspecified atom stereocenters. The molecule has 2 heteroatoms. The van der Waals surface area contributed by atoms with Gasteiger partial charge in [-0.3, -0.25) is 4.79 Å². The molecule has 0 fully saturated rings. The van der Waals surface area contributed by atoms with Crippen LogP contribution in [-0.4, -0.2) is 17.3 Å². The van der Waals surface area contributed by atoms with E-state index in [2.05, 4.69) is 13.8 Å². The van der Waals surface area contributed by atoms with Gasteiger partial charge in [-0.2, -0.15) is 11.8 Å². The molecular weight excluding hydrogens is 168 g/mol. The van der Waals surface area contributed by atoms with Crippen LogP contribution in [0, 0.1) is 0 Å². The minimum absolute atomic E-state index is 0.444. The molecule has 0 saturated carbocycles. The summed E-state index contributed by atoms with van der Waals surface area (Å²) in [5.41, 5.74) is 0. The van der Waals surface area contributed by atoms with Crippen molar-refractivity contribution >= 4 is 17.5 Å². The standard InChI is InChI=1S/C10H20OS/c1-3-7-10(11)8-5-6-9-12-4-2/h3-9H2,1-2H3. The zero-order chi connectivity index (χ0) is 9.23. The molecule has 0 aromatic rings. The summed E-state index contributed by atoms with van der Waals surface area (Å²) in [6.07, 6.45) is 4.88. The molecule has 0 N–H and O–H groups in total. The Balaban J connectivity index is 3.03. The topological polar surface area (TPSA) is 17.1 Å². The van der Waals surface area contributed by atoms with Gasteiger partial charge >= 0.3 is 0 Å². The Hall–Kier alpha value is 0.0200. The van der Waals surface area contributed by atoms with Crippen LogP contribution in [0.5, 0.6) is 0 Å². The highest BCUT2D eigenvalue weighted by molar-refractivity contribution is 7.99. The van der Waals surface area contributed by atoms with Crippen LogP contribution in [0.3, 0.4) is 0 Å². The summed E-state index contributed by atoms with van der Waals surface area (Å²) in [6.45, 7) is 4.23. The van der Waals surface area contributed by atoms with E-state index in [1.807, 2.05) is 11.8 Å². The van der Waals surface area contributed by atoms with Crippen molar-refractivity contribution < 1.29 is 4.79 Å². The molecule has 1 nitrogen and oxygen atoms in total. The van der Waals surface area contributed by atoms with Crippen molar-refractivity contribution in [3.05, 3.63) is 0 Å². The van der Waals surface area contributed by atoms with E-state index in [4.69, 9.17) is 0 Å². The number of ketones is 1. The monoisotopic (exact) mass is 188 g/mol. The Morgan fingerprint density at radius 1 is 1.17 bits per heavy atom. The lowest BCUT2D eigenvalue weighted by Crippen LogP contribution is -1.96. The lowest BCUT2D eigenvalue weighted by atomic mass is 10.1. The van der Waals surface area contributed by atoms with Crippen LogP contribution in [0.1, 0.15) is 46.0 Å². The quantitative estimate of drug-likeness (QED) is 0.544. The molecule has 12 heavy (non-hydrogen) atoms. The van der Waals surface area contributed by atoms with Crippen molar-refractivity contribution in [1.29, 1.82) is 0 Å². The Bertz CT molecular complexity index is 112. The maximum atomic E-state index is 11.1. The van der Waals surface area contributed by atoms with E-state index in [1.54, 1.807) is 0 Å². The highest BCUT2D eigenvalue weighted by Gasteiger charge is 1.98. The summed E-state index contributed by atoms with van der Waals surface area (Å²) in [6, 6.07) is 0. The lowest BCUT2D eigenvalue weighted by molar-refractivity contribution is -0.119. The Kier molecular flexibility index (Phi) is 9.13. The van der Waals surface area contributed by atoms with Gasteiger partial charge < -0.3 is 0 Å². The van der Waals surface area contributed by atoms with Gasteiger partial charge in [-0.05, 0) is 30.8 Å². The first-order valence-corrected chi connectivity index (χ1v) is 6.06. The molecule has 0 atom stereocenters. The second kappa shape index (κ2) is 9.11. The van der Waals surface area contributed by atoms with E-state index >= 15 is 0 Å². The number of unbranched alkanes of at least 4 members (excludes halogenated alkanes) is 1.